The van der Waals surface area contributed by atoms with Crippen molar-refractivity contribution < 1.29 is 14.3 Å². The number of rotatable bonds is 3. The number of carbonyl (C=O) groups is 1. The summed E-state index contributed by atoms with van der Waals surface area (Å²) in [6.07, 6.45) is 2.60. The molecule has 0 saturated carbocycles. The van der Waals surface area contributed by atoms with Gasteiger partial charge in [-0.25, -0.2) is 0 Å². The van der Waals surface area contributed by atoms with E-state index in [4.69, 9.17) is 9.47 Å². The Morgan fingerprint density at radius 3 is 2.95 bits per heavy atom. The van der Waals surface area contributed by atoms with E-state index in [2.05, 4.69) is 11.6 Å². The number of methoxy groups -OCH3 is 1. The molecule has 110 valence electrons. The zero-order valence-corrected chi connectivity index (χ0v) is 12.3. The Balaban J connectivity index is 2.07. The van der Waals surface area contributed by atoms with Crippen LogP contribution in [0.5, 0.6) is 11.5 Å². The lowest BCUT2D eigenvalue weighted by Crippen LogP contribution is -2.35. The second kappa shape index (κ2) is 5.24. The smallest absolute Gasteiger partial charge is 0.257 e. The number of ether oxygens (including phenoxy) is 2. The van der Waals surface area contributed by atoms with Gasteiger partial charge in [-0.3, -0.25) is 9.79 Å². The van der Waals surface area contributed by atoms with Crippen molar-refractivity contribution in [2.45, 2.75) is 19.4 Å². The van der Waals surface area contributed by atoms with Gasteiger partial charge in [-0.15, -0.1) is 0 Å². The molecular formula is C16H18N2O3. The topological polar surface area (TPSA) is 51.1 Å². The van der Waals surface area contributed by atoms with Crippen LogP contribution in [0.1, 0.15) is 23.7 Å². The number of hydrogen-bond donors (Lipinski definition) is 0. The van der Waals surface area contributed by atoms with Crippen LogP contribution in [-0.2, 0) is 0 Å². The minimum Gasteiger partial charge on any atom is -0.493 e. The van der Waals surface area contributed by atoms with Gasteiger partial charge in [-0.2, -0.15) is 0 Å². The van der Waals surface area contributed by atoms with Gasteiger partial charge in [0.2, 0.25) is 0 Å². The second-order valence-electron chi connectivity index (χ2n) is 5.19. The lowest BCUT2D eigenvalue weighted by molar-refractivity contribution is 0.0777. The Kier molecular flexibility index (Phi) is 3.41. The minimum absolute atomic E-state index is 0.000983. The van der Waals surface area contributed by atoms with E-state index in [9.17, 15) is 4.79 Å². The highest BCUT2D eigenvalue weighted by atomic mass is 16.5. The zero-order chi connectivity index (χ0) is 15.0. The number of hydrogen-bond acceptors (Lipinski definition) is 4. The van der Waals surface area contributed by atoms with Gasteiger partial charge >= 0.3 is 0 Å². The summed E-state index contributed by atoms with van der Waals surface area (Å²) >= 11 is 0. The predicted octanol–water partition coefficient (Wildman–Crippen LogP) is 2.58. The molecule has 3 rings (SSSR count). The van der Waals surface area contributed by atoms with Gasteiger partial charge in [-0.1, -0.05) is 12.2 Å². The van der Waals surface area contributed by atoms with Gasteiger partial charge in [0, 0.05) is 18.8 Å². The highest BCUT2D eigenvalue weighted by Crippen LogP contribution is 2.38. The van der Waals surface area contributed by atoms with Crippen molar-refractivity contribution in [3.63, 3.8) is 0 Å². The lowest BCUT2D eigenvalue weighted by Gasteiger charge is -2.20. The molecule has 2 aliphatic heterocycles. The molecule has 5 nitrogen and oxygen atoms in total. The number of benzene rings is 1. The summed E-state index contributed by atoms with van der Waals surface area (Å²) in [5.41, 5.74) is 2.23. The summed E-state index contributed by atoms with van der Waals surface area (Å²) in [5, 5.41) is 0. The molecule has 1 fully saturated rings. The molecule has 1 amide bonds. The molecule has 21 heavy (non-hydrogen) atoms. The number of aliphatic imine (C=N–C) groups is 1. The number of fused-ring (bicyclic) bond motifs is 2. The SMILES string of the molecule is C=C1C[C@H]2C=Nc3cc(OCC)c(OC)cc3C(=O)N2C1. The van der Waals surface area contributed by atoms with Crippen LogP contribution in [0.4, 0.5) is 5.69 Å². The Hall–Kier alpha value is -2.30. The summed E-state index contributed by atoms with van der Waals surface area (Å²) in [6, 6.07) is 3.48. The van der Waals surface area contributed by atoms with Gasteiger partial charge in [0.05, 0.1) is 31.0 Å². The largest absolute Gasteiger partial charge is 0.493 e. The molecule has 5 heteroatoms. The molecule has 0 spiro atoms. The Bertz CT molecular complexity index is 637. The predicted molar refractivity (Wildman–Crippen MR) is 80.9 cm³/mol. The third kappa shape index (κ3) is 2.28. The van der Waals surface area contributed by atoms with Gasteiger partial charge in [-0.05, 0) is 19.4 Å². The fraction of sp³-hybridized carbons (Fsp3) is 0.375. The third-order valence-corrected chi connectivity index (χ3v) is 3.75. The second-order valence-corrected chi connectivity index (χ2v) is 5.19. The zero-order valence-electron chi connectivity index (χ0n) is 12.3. The third-order valence-electron chi connectivity index (χ3n) is 3.75. The van der Waals surface area contributed by atoms with Gasteiger partial charge in [0.25, 0.3) is 5.91 Å². The van der Waals surface area contributed by atoms with E-state index in [1.807, 2.05) is 13.1 Å². The van der Waals surface area contributed by atoms with Crippen LogP contribution in [0.25, 0.3) is 0 Å². The standard InChI is InChI=1S/C16H18N2O3/c1-4-21-15-7-13-12(6-14(15)20-3)16(19)18-9-10(2)5-11(18)8-17-13/h6-8,11H,2,4-5,9H2,1,3H3/t11-/m0/s1. The van der Waals surface area contributed by atoms with Crippen molar-refractivity contribution in [2.75, 3.05) is 20.3 Å². The van der Waals surface area contributed by atoms with Gasteiger partial charge < -0.3 is 14.4 Å². The maximum atomic E-state index is 12.7. The summed E-state index contributed by atoms with van der Waals surface area (Å²) in [7, 11) is 1.56. The molecule has 2 heterocycles. The molecule has 1 saturated heterocycles. The molecule has 0 bridgehead atoms. The van der Waals surface area contributed by atoms with E-state index in [1.165, 1.54) is 0 Å². The van der Waals surface area contributed by atoms with Crippen molar-refractivity contribution in [1.82, 2.24) is 4.90 Å². The molecule has 1 aromatic rings. The van der Waals surface area contributed by atoms with E-state index < -0.39 is 0 Å². The molecule has 0 N–H and O–H groups in total. The first-order valence-corrected chi connectivity index (χ1v) is 7.00. The molecule has 2 aliphatic rings. The molecule has 1 aromatic carbocycles. The van der Waals surface area contributed by atoms with Crippen molar-refractivity contribution in [2.24, 2.45) is 4.99 Å². The van der Waals surface area contributed by atoms with Crippen LogP contribution < -0.4 is 9.47 Å². The maximum Gasteiger partial charge on any atom is 0.257 e. The van der Waals surface area contributed by atoms with Crippen molar-refractivity contribution in [3.05, 3.63) is 29.8 Å². The molecule has 0 aliphatic carbocycles. The number of carbonyl (C=O) groups excluding carboxylic acids is 1. The average Bonchev–Trinajstić information content (AvgIpc) is 2.80. The first-order valence-electron chi connectivity index (χ1n) is 7.00. The van der Waals surface area contributed by atoms with Crippen molar-refractivity contribution in [3.8, 4) is 11.5 Å². The summed E-state index contributed by atoms with van der Waals surface area (Å²) in [4.78, 5) is 19.0. The fourth-order valence-electron chi connectivity index (χ4n) is 2.76. The van der Waals surface area contributed by atoms with Crippen LogP contribution in [0.3, 0.4) is 0 Å². The molecule has 1 atom stereocenters. The Labute approximate surface area is 123 Å². The van der Waals surface area contributed by atoms with E-state index in [-0.39, 0.29) is 11.9 Å². The van der Waals surface area contributed by atoms with Crippen molar-refractivity contribution >= 4 is 17.8 Å². The monoisotopic (exact) mass is 286 g/mol. The minimum atomic E-state index is -0.0347. The Morgan fingerprint density at radius 2 is 2.24 bits per heavy atom. The molecule has 0 aromatic heterocycles. The van der Waals surface area contributed by atoms with E-state index >= 15 is 0 Å². The average molecular weight is 286 g/mol. The summed E-state index contributed by atoms with van der Waals surface area (Å²) in [6.45, 7) is 6.99. The molecule has 0 radical (unpaired) electrons. The lowest BCUT2D eigenvalue weighted by atomic mass is 10.1. The summed E-state index contributed by atoms with van der Waals surface area (Å²) in [5.74, 6) is 1.12. The van der Waals surface area contributed by atoms with Crippen molar-refractivity contribution in [1.29, 1.82) is 0 Å². The highest BCUT2D eigenvalue weighted by Gasteiger charge is 2.34. The molecular weight excluding hydrogens is 268 g/mol. The van der Waals surface area contributed by atoms with E-state index in [1.54, 1.807) is 24.1 Å². The van der Waals surface area contributed by atoms with E-state index in [0.29, 0.717) is 35.9 Å². The first-order chi connectivity index (χ1) is 10.1. The fourth-order valence-corrected chi connectivity index (χ4v) is 2.76. The van der Waals surface area contributed by atoms with Crippen LogP contribution in [0.15, 0.2) is 29.3 Å². The Morgan fingerprint density at radius 1 is 1.43 bits per heavy atom. The molecule has 0 unspecified atom stereocenters. The van der Waals surface area contributed by atoms with Crippen LogP contribution in [-0.4, -0.2) is 43.3 Å². The number of amides is 1. The van der Waals surface area contributed by atoms with Gasteiger partial charge in [0.1, 0.15) is 0 Å². The number of nitrogens with zero attached hydrogens (tertiary/aromatic N) is 2. The normalized spacial score (nSPS) is 20.1. The van der Waals surface area contributed by atoms with Crippen LogP contribution >= 0.6 is 0 Å². The van der Waals surface area contributed by atoms with Gasteiger partial charge in [0.15, 0.2) is 11.5 Å². The van der Waals surface area contributed by atoms with E-state index in [0.717, 1.165) is 12.0 Å². The summed E-state index contributed by atoms with van der Waals surface area (Å²) < 4.78 is 10.9. The van der Waals surface area contributed by atoms with Crippen LogP contribution in [0.2, 0.25) is 0 Å². The van der Waals surface area contributed by atoms with Crippen LogP contribution in [0, 0.1) is 0 Å². The first kappa shape index (κ1) is 13.7. The quantitative estimate of drug-likeness (QED) is 0.802. The maximum absolute atomic E-state index is 12.7. The highest BCUT2D eigenvalue weighted by molar-refractivity contribution is 6.03.